The van der Waals surface area contributed by atoms with Gasteiger partial charge in [0.05, 0.1) is 18.6 Å². The lowest BCUT2D eigenvalue weighted by atomic mass is 9.93. The van der Waals surface area contributed by atoms with Gasteiger partial charge in [-0.25, -0.2) is 8.42 Å². The molecule has 1 saturated heterocycles. The van der Waals surface area contributed by atoms with E-state index in [-0.39, 0.29) is 23.5 Å². The first-order valence-electron chi connectivity index (χ1n) is 6.56. The Labute approximate surface area is 114 Å². The average molecular weight is 290 g/mol. The number of carbonyl (C=O) groups is 1. The Hall–Kier alpha value is -0.660. The molecule has 2 N–H and O–H groups in total. The highest BCUT2D eigenvalue weighted by atomic mass is 32.2. The molecule has 0 amide bonds. The van der Waals surface area contributed by atoms with Crippen molar-refractivity contribution >= 4 is 15.8 Å². The molecule has 2 aliphatic rings. The van der Waals surface area contributed by atoms with Crippen molar-refractivity contribution in [3.8, 4) is 0 Å². The lowest BCUT2D eigenvalue weighted by Gasteiger charge is -2.33. The highest BCUT2D eigenvalue weighted by Crippen LogP contribution is 2.39. The van der Waals surface area contributed by atoms with Gasteiger partial charge in [0, 0.05) is 12.6 Å². The number of hydrogen-bond acceptors (Lipinski definition) is 6. The Kier molecular flexibility index (Phi) is 3.90. The summed E-state index contributed by atoms with van der Waals surface area (Å²) in [7, 11) is 0.246. The monoisotopic (exact) mass is 290 g/mol. The zero-order valence-electron chi connectivity index (χ0n) is 11.5. The van der Waals surface area contributed by atoms with Crippen LogP contribution in [0.5, 0.6) is 0 Å². The summed E-state index contributed by atoms with van der Waals surface area (Å²) >= 11 is 0. The molecule has 1 heterocycles. The molecule has 0 bridgehead atoms. The van der Waals surface area contributed by atoms with Gasteiger partial charge in [0.15, 0.2) is 9.84 Å². The van der Waals surface area contributed by atoms with Crippen LogP contribution in [0.15, 0.2) is 0 Å². The summed E-state index contributed by atoms with van der Waals surface area (Å²) in [6.07, 6.45) is 2.48. The van der Waals surface area contributed by atoms with Crippen LogP contribution in [-0.2, 0) is 19.4 Å². The minimum absolute atomic E-state index is 0.0451. The topological polar surface area (TPSA) is 89.7 Å². The maximum atomic E-state index is 11.9. The number of rotatable bonds is 5. The summed E-state index contributed by atoms with van der Waals surface area (Å²) in [4.78, 5) is 13.8. The number of nitrogens with zero attached hydrogens (tertiary/aromatic N) is 1. The van der Waals surface area contributed by atoms with Crippen LogP contribution in [0, 0.1) is 5.92 Å². The summed E-state index contributed by atoms with van der Waals surface area (Å²) in [5.74, 6) is 0.134. The number of nitrogens with two attached hydrogens (primary N) is 1. The van der Waals surface area contributed by atoms with Gasteiger partial charge in [-0.15, -0.1) is 0 Å². The Morgan fingerprint density at radius 1 is 1.42 bits per heavy atom. The Bertz CT molecular complexity index is 460. The second-order valence-electron chi connectivity index (χ2n) is 5.78. The molecular weight excluding hydrogens is 268 g/mol. The third kappa shape index (κ3) is 3.09. The summed E-state index contributed by atoms with van der Waals surface area (Å²) < 4.78 is 27.8. The number of likely N-dealkylation sites (N-methyl/N-ethyl adjacent to an activating group) is 1. The molecular formula is C12H22N2O4S. The number of ether oxygens (including phenoxy) is 1. The maximum Gasteiger partial charge on any atom is 0.327 e. The zero-order chi connectivity index (χ0) is 14.3. The van der Waals surface area contributed by atoms with E-state index in [1.54, 1.807) is 0 Å². The fourth-order valence-electron chi connectivity index (χ4n) is 2.81. The highest BCUT2D eigenvalue weighted by molar-refractivity contribution is 7.91. The molecule has 0 aromatic carbocycles. The van der Waals surface area contributed by atoms with E-state index >= 15 is 0 Å². The molecule has 0 aromatic rings. The van der Waals surface area contributed by atoms with Crippen molar-refractivity contribution in [3.63, 3.8) is 0 Å². The third-order valence-electron chi connectivity index (χ3n) is 4.21. The Morgan fingerprint density at radius 2 is 2.05 bits per heavy atom. The molecule has 19 heavy (non-hydrogen) atoms. The van der Waals surface area contributed by atoms with Crippen LogP contribution >= 0.6 is 0 Å². The molecule has 1 aliphatic heterocycles. The van der Waals surface area contributed by atoms with Gasteiger partial charge in [0.2, 0.25) is 0 Å². The Morgan fingerprint density at radius 3 is 2.47 bits per heavy atom. The fraction of sp³-hybridized carbons (Fsp3) is 0.917. The molecule has 0 spiro atoms. The minimum atomic E-state index is -2.93. The largest absolute Gasteiger partial charge is 0.468 e. The lowest BCUT2D eigenvalue weighted by molar-refractivity contribution is -0.149. The van der Waals surface area contributed by atoms with E-state index < -0.39 is 21.3 Å². The quantitative estimate of drug-likeness (QED) is 0.679. The molecule has 0 aromatic heterocycles. The van der Waals surface area contributed by atoms with Crippen LogP contribution in [0.3, 0.4) is 0 Å². The first-order chi connectivity index (χ1) is 8.78. The lowest BCUT2D eigenvalue weighted by Crippen LogP contribution is -2.59. The van der Waals surface area contributed by atoms with Crippen LogP contribution < -0.4 is 5.73 Å². The summed E-state index contributed by atoms with van der Waals surface area (Å²) in [5.41, 5.74) is 5.22. The van der Waals surface area contributed by atoms with E-state index in [4.69, 9.17) is 10.5 Å². The second kappa shape index (κ2) is 5.03. The van der Waals surface area contributed by atoms with Crippen molar-refractivity contribution in [2.75, 3.05) is 32.2 Å². The van der Waals surface area contributed by atoms with E-state index in [0.29, 0.717) is 13.0 Å². The van der Waals surface area contributed by atoms with Crippen LogP contribution in [-0.4, -0.2) is 63.1 Å². The molecule has 2 unspecified atom stereocenters. The van der Waals surface area contributed by atoms with Gasteiger partial charge < -0.3 is 10.5 Å². The average Bonchev–Trinajstić information content (AvgIpc) is 3.12. The van der Waals surface area contributed by atoms with Crippen molar-refractivity contribution in [1.82, 2.24) is 4.90 Å². The third-order valence-corrected chi connectivity index (χ3v) is 5.96. The van der Waals surface area contributed by atoms with Gasteiger partial charge in [-0.1, -0.05) is 0 Å². The SMILES string of the molecule is COC(=O)C(N)(CN(C)C1CCS(=O)(=O)C1)C1CC1. The fourth-order valence-corrected chi connectivity index (χ4v) is 4.62. The first-order valence-corrected chi connectivity index (χ1v) is 8.38. The van der Waals surface area contributed by atoms with E-state index in [0.717, 1.165) is 12.8 Å². The molecule has 2 rings (SSSR count). The van der Waals surface area contributed by atoms with Crippen molar-refractivity contribution in [1.29, 1.82) is 0 Å². The molecule has 6 nitrogen and oxygen atoms in total. The summed E-state index contributed by atoms with van der Waals surface area (Å²) in [6.45, 7) is 0.352. The van der Waals surface area contributed by atoms with Gasteiger partial charge in [0.1, 0.15) is 5.54 Å². The minimum Gasteiger partial charge on any atom is -0.468 e. The molecule has 2 fully saturated rings. The summed E-state index contributed by atoms with van der Waals surface area (Å²) in [6, 6.07) is -0.0451. The normalized spacial score (nSPS) is 29.2. The number of carbonyl (C=O) groups excluding carboxylic acids is 1. The standard InChI is InChI=1S/C12H22N2O4S/c1-14(10-5-6-19(16,17)7-10)8-12(13,9-3-4-9)11(15)18-2/h9-10H,3-8,13H2,1-2H3. The molecule has 2 atom stereocenters. The highest BCUT2D eigenvalue weighted by Gasteiger charge is 2.50. The summed E-state index contributed by atoms with van der Waals surface area (Å²) in [5, 5.41) is 0. The number of sulfone groups is 1. The van der Waals surface area contributed by atoms with Gasteiger partial charge in [-0.05, 0) is 32.2 Å². The van der Waals surface area contributed by atoms with Crippen LogP contribution in [0.2, 0.25) is 0 Å². The van der Waals surface area contributed by atoms with Crippen molar-refractivity contribution in [2.24, 2.45) is 11.7 Å². The Balaban J connectivity index is 2.04. The van der Waals surface area contributed by atoms with Gasteiger partial charge in [-0.2, -0.15) is 0 Å². The van der Waals surface area contributed by atoms with Crippen LogP contribution in [0.25, 0.3) is 0 Å². The zero-order valence-corrected chi connectivity index (χ0v) is 12.3. The van der Waals surface area contributed by atoms with Gasteiger partial charge >= 0.3 is 5.97 Å². The van der Waals surface area contributed by atoms with Gasteiger partial charge in [0.25, 0.3) is 0 Å². The van der Waals surface area contributed by atoms with E-state index in [1.165, 1.54) is 7.11 Å². The number of esters is 1. The number of hydrogen-bond donors (Lipinski definition) is 1. The molecule has 1 saturated carbocycles. The first kappa shape index (κ1) is 14.7. The predicted octanol–water partition coefficient (Wildman–Crippen LogP) is -0.614. The number of methoxy groups -OCH3 is 1. The van der Waals surface area contributed by atoms with Crippen LogP contribution in [0.4, 0.5) is 0 Å². The van der Waals surface area contributed by atoms with Gasteiger partial charge in [-0.3, -0.25) is 9.69 Å². The van der Waals surface area contributed by atoms with Crippen molar-refractivity contribution in [3.05, 3.63) is 0 Å². The molecule has 110 valence electrons. The second-order valence-corrected chi connectivity index (χ2v) is 8.01. The molecule has 7 heteroatoms. The van der Waals surface area contributed by atoms with Crippen LogP contribution in [0.1, 0.15) is 19.3 Å². The smallest absolute Gasteiger partial charge is 0.327 e. The maximum absolute atomic E-state index is 11.9. The van der Waals surface area contributed by atoms with Crippen molar-refractivity contribution in [2.45, 2.75) is 30.8 Å². The van der Waals surface area contributed by atoms with E-state index in [2.05, 4.69) is 0 Å². The predicted molar refractivity (Wildman–Crippen MR) is 71.3 cm³/mol. The van der Waals surface area contributed by atoms with E-state index in [9.17, 15) is 13.2 Å². The molecule has 1 aliphatic carbocycles. The van der Waals surface area contributed by atoms with Crippen molar-refractivity contribution < 1.29 is 17.9 Å². The molecule has 0 radical (unpaired) electrons. The van der Waals surface area contributed by atoms with E-state index in [1.807, 2.05) is 11.9 Å².